The summed E-state index contributed by atoms with van der Waals surface area (Å²) in [6.45, 7) is 21.3. The minimum Gasteiger partial charge on any atom is -0.491 e. The lowest BCUT2D eigenvalue weighted by Gasteiger charge is -2.36. The minimum atomic E-state index is -1.76. The first-order chi connectivity index (χ1) is 23.8. The monoisotopic (exact) mass is 788 g/mol. The van der Waals surface area contributed by atoms with E-state index in [4.69, 9.17) is 53.7 Å². The molecule has 0 atom stereocenters. The second-order valence-corrected chi connectivity index (χ2v) is 23.6. The third-order valence-electron chi connectivity index (χ3n) is 8.71. The number of benzene rings is 4. The average molecular weight is 790 g/mol. The lowest BCUT2D eigenvalue weighted by Crippen LogP contribution is -2.41. The number of rotatable bonds is 14. The van der Waals surface area contributed by atoms with E-state index in [1.165, 1.54) is 0 Å². The fraction of sp³-hybridized carbons (Fsp3) is 0.400. The number of aliphatic hydroxyl groups is 1. The topological polar surface area (TPSA) is 100.0 Å². The summed E-state index contributed by atoms with van der Waals surface area (Å²) in [5.74, 6) is 1.68. The molecule has 0 spiro atoms. The molecule has 0 radical (unpaired) electrons. The Hall–Kier alpha value is -2.50. The maximum absolute atomic E-state index is 8.96. The second-order valence-electron chi connectivity index (χ2n) is 14.6. The van der Waals surface area contributed by atoms with Crippen molar-refractivity contribution in [3.05, 3.63) is 106 Å². The summed E-state index contributed by atoms with van der Waals surface area (Å²) in [7, 11) is -1.76. The van der Waals surface area contributed by atoms with E-state index in [0.29, 0.717) is 34.6 Å². The van der Waals surface area contributed by atoms with Crippen molar-refractivity contribution in [3.63, 3.8) is 0 Å². The van der Waals surface area contributed by atoms with Crippen molar-refractivity contribution in [3.8, 4) is 11.5 Å². The number of thioether (sulfide) groups is 2. The zero-order chi connectivity index (χ0) is 38.0. The average Bonchev–Trinajstić information content (AvgIpc) is 3.05. The van der Waals surface area contributed by atoms with Gasteiger partial charge in [0, 0.05) is 30.4 Å². The van der Waals surface area contributed by atoms with Gasteiger partial charge < -0.3 is 30.5 Å². The Morgan fingerprint density at radius 1 is 0.627 bits per heavy atom. The number of para-hydroxylation sites is 2. The van der Waals surface area contributed by atoms with E-state index in [1.54, 1.807) is 23.5 Å². The molecule has 0 heterocycles. The fourth-order valence-corrected chi connectivity index (χ4v) is 8.51. The summed E-state index contributed by atoms with van der Waals surface area (Å²) in [6, 6.07) is 27.5. The number of nitrogen functional groups attached to an aromatic ring is 2. The first-order valence-corrected chi connectivity index (χ1v) is 22.2. The van der Waals surface area contributed by atoms with Gasteiger partial charge in [0.2, 0.25) is 0 Å². The standard InChI is InChI=1S/C23H34ClNO2SSi.C17H20ClNO2S/c1-22(2,3)29(6,7)27-15-14-26-21-11-9-8-10-18(21)23(4,5)28-17-12-13-19(24)20(25)16-17;1-17(2,22-12-7-8-14(18)15(19)11-12)13-5-3-4-6-16(13)21-10-9-20/h8-13,16H,14-15,25H2,1-7H3;3-8,11,20H,9-10,19H2,1-2H3. The molecule has 0 bridgehead atoms. The van der Waals surface area contributed by atoms with Crippen LogP contribution in [0.15, 0.2) is 94.7 Å². The lowest BCUT2D eigenvalue weighted by molar-refractivity contribution is 0.199. The summed E-state index contributed by atoms with van der Waals surface area (Å²) in [4.78, 5) is 2.12. The van der Waals surface area contributed by atoms with E-state index in [2.05, 4.69) is 67.6 Å². The van der Waals surface area contributed by atoms with Crippen LogP contribution in [0.2, 0.25) is 28.2 Å². The highest BCUT2D eigenvalue weighted by atomic mass is 35.5. The van der Waals surface area contributed by atoms with Crippen LogP contribution in [0.4, 0.5) is 11.4 Å². The molecule has 4 aromatic carbocycles. The van der Waals surface area contributed by atoms with E-state index < -0.39 is 8.32 Å². The van der Waals surface area contributed by atoms with Gasteiger partial charge in [-0.1, -0.05) is 80.4 Å². The van der Waals surface area contributed by atoms with Gasteiger partial charge in [0.15, 0.2) is 8.32 Å². The van der Waals surface area contributed by atoms with Gasteiger partial charge in [-0.05, 0) is 94.4 Å². The summed E-state index contributed by atoms with van der Waals surface area (Å²) in [6.07, 6.45) is 0. The smallest absolute Gasteiger partial charge is 0.192 e. The number of anilines is 2. The minimum absolute atomic E-state index is 0.00434. The number of aliphatic hydroxyl groups excluding tert-OH is 1. The van der Waals surface area contributed by atoms with E-state index in [-0.39, 0.29) is 27.7 Å². The normalized spacial score (nSPS) is 12.2. The molecule has 0 aliphatic carbocycles. The Balaban J connectivity index is 0.000000286. The molecule has 11 heteroatoms. The molecule has 278 valence electrons. The Kier molecular flexibility index (Phi) is 15.6. The van der Waals surface area contributed by atoms with Crippen molar-refractivity contribution in [2.45, 2.75) is 85.9 Å². The molecule has 0 saturated heterocycles. The largest absolute Gasteiger partial charge is 0.491 e. The summed E-state index contributed by atoms with van der Waals surface area (Å²) >= 11 is 15.5. The quantitative estimate of drug-likeness (QED) is 0.0503. The molecule has 0 saturated carbocycles. The number of ether oxygens (including phenoxy) is 2. The summed E-state index contributed by atoms with van der Waals surface area (Å²) in [5, 5.41) is 10.3. The van der Waals surface area contributed by atoms with Gasteiger partial charge in [-0.2, -0.15) is 0 Å². The predicted molar refractivity (Wildman–Crippen MR) is 224 cm³/mol. The first-order valence-electron chi connectivity index (χ1n) is 16.9. The van der Waals surface area contributed by atoms with Gasteiger partial charge in [-0.15, -0.1) is 23.5 Å². The highest BCUT2D eigenvalue weighted by Crippen LogP contribution is 2.46. The van der Waals surface area contributed by atoms with Crippen LogP contribution in [0.5, 0.6) is 11.5 Å². The zero-order valence-electron chi connectivity index (χ0n) is 31.3. The van der Waals surface area contributed by atoms with Crippen molar-refractivity contribution < 1.29 is 19.0 Å². The van der Waals surface area contributed by atoms with Crippen molar-refractivity contribution in [2.75, 3.05) is 37.9 Å². The van der Waals surface area contributed by atoms with Crippen LogP contribution in [-0.4, -0.2) is 39.9 Å². The van der Waals surface area contributed by atoms with Gasteiger partial charge in [0.25, 0.3) is 0 Å². The molecular formula is C40H54Cl2N2O4S2Si. The Morgan fingerprint density at radius 3 is 1.43 bits per heavy atom. The molecule has 5 N–H and O–H groups in total. The summed E-state index contributed by atoms with van der Waals surface area (Å²) < 4.78 is 17.6. The van der Waals surface area contributed by atoms with Crippen LogP contribution in [0.1, 0.15) is 59.6 Å². The van der Waals surface area contributed by atoms with Gasteiger partial charge in [0.1, 0.15) is 24.7 Å². The van der Waals surface area contributed by atoms with Crippen LogP contribution in [-0.2, 0) is 13.9 Å². The lowest BCUT2D eigenvalue weighted by atomic mass is 10.0. The second kappa shape index (κ2) is 18.5. The van der Waals surface area contributed by atoms with Gasteiger partial charge >= 0.3 is 0 Å². The van der Waals surface area contributed by atoms with Gasteiger partial charge in [-0.25, -0.2) is 0 Å². The molecule has 0 unspecified atom stereocenters. The number of nitrogens with two attached hydrogens (primary N) is 2. The van der Waals surface area contributed by atoms with E-state index in [9.17, 15) is 0 Å². The maximum atomic E-state index is 8.96. The maximum Gasteiger partial charge on any atom is 0.192 e. The van der Waals surface area contributed by atoms with Crippen LogP contribution >= 0.6 is 46.7 Å². The zero-order valence-corrected chi connectivity index (χ0v) is 35.5. The molecule has 0 fully saturated rings. The molecule has 0 aromatic heterocycles. The van der Waals surface area contributed by atoms with E-state index >= 15 is 0 Å². The highest BCUT2D eigenvalue weighted by molar-refractivity contribution is 8.00. The van der Waals surface area contributed by atoms with E-state index in [0.717, 1.165) is 32.4 Å². The van der Waals surface area contributed by atoms with Gasteiger partial charge in [-0.3, -0.25) is 0 Å². The molecule has 0 amide bonds. The number of hydrogen-bond acceptors (Lipinski definition) is 8. The predicted octanol–water partition coefficient (Wildman–Crippen LogP) is 11.7. The number of halogens is 2. The van der Waals surface area contributed by atoms with Crippen molar-refractivity contribution in [1.82, 2.24) is 0 Å². The molecule has 6 nitrogen and oxygen atoms in total. The fourth-order valence-electron chi connectivity index (χ4n) is 4.87. The van der Waals surface area contributed by atoms with Crippen molar-refractivity contribution in [2.24, 2.45) is 0 Å². The molecule has 4 rings (SSSR count). The van der Waals surface area contributed by atoms with Gasteiger partial charge in [0.05, 0.1) is 34.6 Å². The molecule has 51 heavy (non-hydrogen) atoms. The molecule has 0 aliphatic heterocycles. The van der Waals surface area contributed by atoms with Crippen LogP contribution in [0, 0.1) is 0 Å². The third-order valence-corrected chi connectivity index (χ3v) is 16.4. The van der Waals surface area contributed by atoms with Crippen LogP contribution in [0.3, 0.4) is 0 Å². The molecule has 0 aliphatic rings. The molecule has 4 aromatic rings. The Bertz CT molecular complexity index is 1730. The highest BCUT2D eigenvalue weighted by Gasteiger charge is 2.37. The Morgan fingerprint density at radius 2 is 1.04 bits per heavy atom. The SMILES string of the molecule is CC(C)(Sc1ccc(Cl)c(N)c1)c1ccccc1OCCO.CC(C)(Sc1ccc(Cl)c(N)c1)c1ccccc1OCCO[Si](C)(C)C(C)(C)C. The first kappa shape index (κ1) is 42.9. The van der Waals surface area contributed by atoms with Crippen LogP contribution < -0.4 is 20.9 Å². The molecular weight excluding hydrogens is 736 g/mol. The summed E-state index contributed by atoms with van der Waals surface area (Å²) in [5.41, 5.74) is 15.2. The van der Waals surface area contributed by atoms with Crippen molar-refractivity contribution in [1.29, 1.82) is 0 Å². The van der Waals surface area contributed by atoms with Crippen LogP contribution in [0.25, 0.3) is 0 Å². The van der Waals surface area contributed by atoms with Crippen molar-refractivity contribution >= 4 is 66.4 Å². The Labute approximate surface area is 325 Å². The third kappa shape index (κ3) is 12.6. The van der Waals surface area contributed by atoms with E-state index in [1.807, 2.05) is 78.9 Å². The number of hydrogen-bond donors (Lipinski definition) is 3.